The van der Waals surface area contributed by atoms with Crippen molar-refractivity contribution in [3.8, 4) is 0 Å². The van der Waals surface area contributed by atoms with Crippen molar-refractivity contribution in [2.45, 2.75) is 12.8 Å². The highest BCUT2D eigenvalue weighted by Gasteiger charge is 2.28. The first-order chi connectivity index (χ1) is 8.27. The molecule has 1 fully saturated rings. The second kappa shape index (κ2) is 3.73. The molecule has 1 aliphatic rings. The highest BCUT2D eigenvalue weighted by Crippen LogP contribution is 2.33. The maximum atomic E-state index is 11.2. The van der Waals surface area contributed by atoms with E-state index < -0.39 is 0 Å². The maximum absolute atomic E-state index is 11.2. The van der Waals surface area contributed by atoms with E-state index in [2.05, 4.69) is 5.10 Å². The quantitative estimate of drug-likeness (QED) is 0.585. The summed E-state index contributed by atoms with van der Waals surface area (Å²) in [7, 11) is 0. The third kappa shape index (κ3) is 1.52. The van der Waals surface area contributed by atoms with E-state index >= 15 is 0 Å². The number of hydrogen-bond acceptors (Lipinski definition) is 4. The molecule has 0 unspecified atom stereocenters. The van der Waals surface area contributed by atoms with Crippen LogP contribution in [0.3, 0.4) is 0 Å². The number of rotatable bonds is 2. The van der Waals surface area contributed by atoms with Gasteiger partial charge in [-0.15, -0.1) is 5.10 Å². The molecule has 0 saturated carbocycles. The second-order valence-corrected chi connectivity index (χ2v) is 4.15. The number of nitrogens with zero attached hydrogens (tertiary/aromatic N) is 4. The first kappa shape index (κ1) is 10.1. The van der Waals surface area contributed by atoms with Gasteiger partial charge in [0.2, 0.25) is 5.82 Å². The van der Waals surface area contributed by atoms with E-state index in [0.29, 0.717) is 11.3 Å². The summed E-state index contributed by atoms with van der Waals surface area (Å²) in [6, 6.07) is 5.33. The van der Waals surface area contributed by atoms with E-state index in [1.54, 1.807) is 22.8 Å². The van der Waals surface area contributed by atoms with Crippen LogP contribution in [0.2, 0.25) is 0 Å². The van der Waals surface area contributed by atoms with E-state index in [0.717, 1.165) is 25.9 Å². The summed E-state index contributed by atoms with van der Waals surface area (Å²) in [5, 5.41) is 15.5. The van der Waals surface area contributed by atoms with Gasteiger partial charge in [-0.3, -0.25) is 10.1 Å². The van der Waals surface area contributed by atoms with Crippen molar-refractivity contribution >= 4 is 17.0 Å². The minimum atomic E-state index is -0.337. The Bertz CT molecular complexity index is 572. The van der Waals surface area contributed by atoms with Gasteiger partial charge >= 0.3 is 5.69 Å². The fourth-order valence-electron chi connectivity index (χ4n) is 2.29. The molecule has 0 radical (unpaired) electrons. The van der Waals surface area contributed by atoms with E-state index in [1.165, 1.54) is 0 Å². The molecule has 88 valence electrons. The largest absolute Gasteiger partial charge is 0.349 e. The summed E-state index contributed by atoms with van der Waals surface area (Å²) in [4.78, 5) is 12.8. The minimum absolute atomic E-state index is 0.118. The normalized spacial score (nSPS) is 15.6. The second-order valence-electron chi connectivity index (χ2n) is 4.15. The van der Waals surface area contributed by atoms with Gasteiger partial charge in [-0.25, -0.2) is 4.52 Å². The first-order valence-electron chi connectivity index (χ1n) is 5.64. The lowest BCUT2D eigenvalue weighted by Gasteiger charge is -2.12. The van der Waals surface area contributed by atoms with Gasteiger partial charge < -0.3 is 4.90 Å². The summed E-state index contributed by atoms with van der Waals surface area (Å²) < 4.78 is 1.58. The van der Waals surface area contributed by atoms with Gasteiger partial charge in [0.1, 0.15) is 5.52 Å². The molecule has 3 rings (SSSR count). The molecule has 6 nitrogen and oxygen atoms in total. The highest BCUT2D eigenvalue weighted by molar-refractivity contribution is 5.77. The summed E-state index contributed by atoms with van der Waals surface area (Å²) >= 11 is 0. The van der Waals surface area contributed by atoms with Crippen LogP contribution in [0.15, 0.2) is 24.4 Å². The number of nitro groups is 1. The fourth-order valence-corrected chi connectivity index (χ4v) is 2.29. The Morgan fingerprint density at radius 1 is 1.29 bits per heavy atom. The van der Waals surface area contributed by atoms with E-state index in [-0.39, 0.29) is 10.6 Å². The molecule has 2 aromatic rings. The van der Waals surface area contributed by atoms with Crippen LogP contribution in [-0.2, 0) is 0 Å². The van der Waals surface area contributed by atoms with Crippen molar-refractivity contribution in [3.05, 3.63) is 34.5 Å². The Kier molecular flexibility index (Phi) is 2.21. The summed E-state index contributed by atoms with van der Waals surface area (Å²) in [5.41, 5.74) is 0.673. The van der Waals surface area contributed by atoms with Crippen molar-refractivity contribution in [1.82, 2.24) is 9.61 Å². The van der Waals surface area contributed by atoms with E-state index in [9.17, 15) is 10.1 Å². The molecule has 0 aromatic carbocycles. The van der Waals surface area contributed by atoms with Crippen LogP contribution in [0.25, 0.3) is 5.52 Å². The molecule has 1 saturated heterocycles. The lowest BCUT2D eigenvalue weighted by molar-refractivity contribution is -0.382. The lowest BCUT2D eigenvalue weighted by atomic mass is 10.3. The molecule has 0 spiro atoms. The van der Waals surface area contributed by atoms with E-state index in [4.69, 9.17) is 0 Å². The Morgan fingerprint density at radius 2 is 2.06 bits per heavy atom. The summed E-state index contributed by atoms with van der Waals surface area (Å²) in [6.45, 7) is 1.70. The highest BCUT2D eigenvalue weighted by atomic mass is 16.6. The third-order valence-electron chi connectivity index (χ3n) is 3.08. The van der Waals surface area contributed by atoms with Crippen molar-refractivity contribution in [2.75, 3.05) is 18.0 Å². The van der Waals surface area contributed by atoms with Gasteiger partial charge in [0.25, 0.3) is 0 Å². The van der Waals surface area contributed by atoms with Crippen LogP contribution in [0.5, 0.6) is 0 Å². The molecule has 1 aliphatic heterocycles. The zero-order chi connectivity index (χ0) is 11.8. The average Bonchev–Trinajstić information content (AvgIpc) is 2.95. The Morgan fingerprint density at radius 3 is 2.76 bits per heavy atom. The van der Waals surface area contributed by atoms with Crippen LogP contribution in [0, 0.1) is 10.1 Å². The van der Waals surface area contributed by atoms with Crippen molar-refractivity contribution < 1.29 is 4.92 Å². The summed E-state index contributed by atoms with van der Waals surface area (Å²) in [5.74, 6) is 0.499. The van der Waals surface area contributed by atoms with Crippen LogP contribution in [0.1, 0.15) is 12.8 Å². The third-order valence-corrected chi connectivity index (χ3v) is 3.08. The smallest absolute Gasteiger partial charge is 0.338 e. The molecule has 3 heterocycles. The maximum Gasteiger partial charge on any atom is 0.338 e. The van der Waals surface area contributed by atoms with Crippen molar-refractivity contribution in [2.24, 2.45) is 0 Å². The topological polar surface area (TPSA) is 63.7 Å². The Balaban J connectivity index is 2.22. The SMILES string of the molecule is O=[N+]([O-])c1c(N2CCCC2)nn2ccccc12. The van der Waals surface area contributed by atoms with Gasteiger partial charge in [0.05, 0.1) is 4.92 Å². The molecular weight excluding hydrogens is 220 g/mol. The van der Waals surface area contributed by atoms with Gasteiger partial charge in [0.15, 0.2) is 0 Å². The molecule has 2 aromatic heterocycles. The fraction of sp³-hybridized carbons (Fsp3) is 0.364. The lowest BCUT2D eigenvalue weighted by Crippen LogP contribution is -2.19. The zero-order valence-corrected chi connectivity index (χ0v) is 9.24. The van der Waals surface area contributed by atoms with E-state index in [1.807, 2.05) is 11.0 Å². The van der Waals surface area contributed by atoms with Crippen LogP contribution in [0.4, 0.5) is 11.5 Å². The van der Waals surface area contributed by atoms with Crippen LogP contribution in [-0.4, -0.2) is 27.6 Å². The monoisotopic (exact) mass is 232 g/mol. The molecule has 0 N–H and O–H groups in total. The standard InChI is InChI=1S/C11H12N4O2/c16-15(17)10-9-5-1-2-8-14(9)12-11(10)13-6-3-4-7-13/h1-2,5,8H,3-4,6-7H2. The number of aromatic nitrogens is 2. The number of hydrogen-bond donors (Lipinski definition) is 0. The number of anilines is 1. The van der Waals surface area contributed by atoms with Gasteiger partial charge in [-0.1, -0.05) is 6.07 Å². The molecule has 6 heteroatoms. The molecular formula is C11H12N4O2. The van der Waals surface area contributed by atoms with Crippen LogP contribution >= 0.6 is 0 Å². The van der Waals surface area contributed by atoms with Crippen molar-refractivity contribution in [3.63, 3.8) is 0 Å². The zero-order valence-electron chi connectivity index (χ0n) is 9.24. The molecule has 0 atom stereocenters. The van der Waals surface area contributed by atoms with Gasteiger partial charge in [0, 0.05) is 19.3 Å². The number of fused-ring (bicyclic) bond motifs is 1. The number of pyridine rings is 1. The molecule has 17 heavy (non-hydrogen) atoms. The minimum Gasteiger partial charge on any atom is -0.349 e. The first-order valence-corrected chi connectivity index (χ1v) is 5.64. The van der Waals surface area contributed by atoms with Crippen molar-refractivity contribution in [1.29, 1.82) is 0 Å². The molecule has 0 bridgehead atoms. The Labute approximate surface area is 97.6 Å². The summed E-state index contributed by atoms with van der Waals surface area (Å²) in [6.07, 6.45) is 3.89. The van der Waals surface area contributed by atoms with Crippen LogP contribution < -0.4 is 4.90 Å². The van der Waals surface area contributed by atoms with Gasteiger partial charge in [-0.2, -0.15) is 0 Å². The van der Waals surface area contributed by atoms with Gasteiger partial charge in [-0.05, 0) is 25.0 Å². The predicted molar refractivity (Wildman–Crippen MR) is 63.3 cm³/mol. The average molecular weight is 232 g/mol. The predicted octanol–water partition coefficient (Wildman–Crippen LogP) is 1.84. The molecule has 0 aliphatic carbocycles. The molecule has 0 amide bonds. The Hall–Kier alpha value is -2.11.